The number of nitrogens with zero attached hydrogens (tertiary/aromatic N) is 6. The van der Waals surface area contributed by atoms with Gasteiger partial charge >= 0.3 is 0 Å². The second-order valence-electron chi connectivity index (χ2n) is 13.3. The molecule has 1 aliphatic heterocycles. The van der Waals surface area contributed by atoms with Crippen LogP contribution in [-0.2, 0) is 22.4 Å². The standard InChI is InChI=1S/C37H41N9O6S/c1-21(2)31-36-44-32(23(4)51-36)35(50)39-22(3)37-41-27(20-53-37)34(49)40-26(16-24-10-6-5-7-11-24)18-46(19-28(47)42-31)30(48)14-8-13-29-43-33(45-52-29)25-12-9-15-38-17-25/h5-7,9-12,15,17,20-22,26,31H,8,13-14,16,18-19H2,1-4H3,(H,39,50)(H,40,49)(H,42,47)/t22-,26-,31+/m1/s1. The highest BCUT2D eigenvalue weighted by Crippen LogP contribution is 2.25. The average Bonchev–Trinajstić information content (AvgIpc) is 3.91. The third kappa shape index (κ3) is 9.37. The van der Waals surface area contributed by atoms with Crippen LogP contribution >= 0.6 is 11.3 Å². The van der Waals surface area contributed by atoms with Gasteiger partial charge in [-0.25, -0.2) is 9.97 Å². The number of carbonyl (C=O) groups is 4. The fourth-order valence-corrected chi connectivity index (χ4v) is 6.75. The minimum atomic E-state index is -0.691. The van der Waals surface area contributed by atoms with Crippen molar-refractivity contribution in [3.8, 4) is 11.4 Å². The summed E-state index contributed by atoms with van der Waals surface area (Å²) in [6.45, 7) is 6.92. The first kappa shape index (κ1) is 37.0. The van der Waals surface area contributed by atoms with E-state index in [2.05, 4.69) is 41.0 Å². The van der Waals surface area contributed by atoms with Crippen molar-refractivity contribution in [2.75, 3.05) is 13.1 Å². The molecule has 5 aromatic rings. The average molecular weight is 740 g/mol. The van der Waals surface area contributed by atoms with Gasteiger partial charge in [0.25, 0.3) is 11.8 Å². The molecule has 0 unspecified atom stereocenters. The van der Waals surface area contributed by atoms with Crippen LogP contribution in [0.15, 0.2) is 69.2 Å². The lowest BCUT2D eigenvalue weighted by atomic mass is 10.0. The van der Waals surface area contributed by atoms with E-state index in [1.54, 1.807) is 37.7 Å². The van der Waals surface area contributed by atoms with Crippen LogP contribution in [0.5, 0.6) is 0 Å². The molecule has 0 aliphatic carbocycles. The highest BCUT2D eigenvalue weighted by molar-refractivity contribution is 7.09. The highest BCUT2D eigenvalue weighted by atomic mass is 32.1. The van der Waals surface area contributed by atoms with Gasteiger partial charge < -0.3 is 29.8 Å². The number of aromatic nitrogens is 5. The van der Waals surface area contributed by atoms with Crippen molar-refractivity contribution >= 4 is 35.0 Å². The van der Waals surface area contributed by atoms with Crippen LogP contribution in [-0.4, -0.2) is 72.8 Å². The first-order valence-electron chi connectivity index (χ1n) is 17.4. The van der Waals surface area contributed by atoms with E-state index >= 15 is 0 Å². The van der Waals surface area contributed by atoms with E-state index in [4.69, 9.17) is 8.94 Å². The molecule has 4 aromatic heterocycles. The lowest BCUT2D eigenvalue weighted by Crippen LogP contribution is -2.50. The largest absolute Gasteiger partial charge is 0.443 e. The molecule has 3 N–H and O–H groups in total. The Bertz CT molecular complexity index is 2050. The summed E-state index contributed by atoms with van der Waals surface area (Å²) in [7, 11) is 0. The van der Waals surface area contributed by atoms with Gasteiger partial charge in [0.2, 0.25) is 29.4 Å². The van der Waals surface area contributed by atoms with Crippen LogP contribution in [0, 0.1) is 12.8 Å². The Morgan fingerprint density at radius 2 is 1.83 bits per heavy atom. The van der Waals surface area contributed by atoms with E-state index in [9.17, 15) is 19.2 Å². The Labute approximate surface area is 310 Å². The Hall–Kier alpha value is -5.77. The first-order chi connectivity index (χ1) is 25.5. The Morgan fingerprint density at radius 1 is 1.02 bits per heavy atom. The number of oxazole rings is 1. The van der Waals surface area contributed by atoms with Crippen molar-refractivity contribution in [3.63, 3.8) is 0 Å². The zero-order valence-corrected chi connectivity index (χ0v) is 30.7. The minimum absolute atomic E-state index is 0.0384. The second kappa shape index (κ2) is 16.7. The van der Waals surface area contributed by atoms with Gasteiger partial charge in [-0.05, 0) is 50.3 Å². The maximum atomic E-state index is 14.0. The molecule has 5 heterocycles. The van der Waals surface area contributed by atoms with Gasteiger partial charge in [-0.15, -0.1) is 11.3 Å². The number of hydrogen-bond acceptors (Lipinski definition) is 12. The molecule has 1 aromatic carbocycles. The van der Waals surface area contributed by atoms with E-state index in [1.165, 1.54) is 16.2 Å². The minimum Gasteiger partial charge on any atom is -0.443 e. The number of hydrogen-bond donors (Lipinski definition) is 3. The molecule has 1 aliphatic rings. The summed E-state index contributed by atoms with van der Waals surface area (Å²) in [6, 6.07) is 11.4. The summed E-state index contributed by atoms with van der Waals surface area (Å²) in [6.07, 6.45) is 4.45. The summed E-state index contributed by atoms with van der Waals surface area (Å²) in [4.78, 5) is 73.6. The van der Waals surface area contributed by atoms with Crippen LogP contribution in [0.3, 0.4) is 0 Å². The Kier molecular flexibility index (Phi) is 11.7. The highest BCUT2D eigenvalue weighted by Gasteiger charge is 2.30. The van der Waals surface area contributed by atoms with Crippen LogP contribution in [0.25, 0.3) is 11.4 Å². The van der Waals surface area contributed by atoms with Crippen molar-refractivity contribution in [1.82, 2.24) is 45.9 Å². The third-order valence-electron chi connectivity index (χ3n) is 8.71. The molecule has 6 rings (SSSR count). The zero-order valence-electron chi connectivity index (χ0n) is 29.9. The van der Waals surface area contributed by atoms with Crippen molar-refractivity contribution in [3.05, 3.63) is 99.7 Å². The number of benzene rings is 1. The second-order valence-corrected chi connectivity index (χ2v) is 14.1. The van der Waals surface area contributed by atoms with Crippen molar-refractivity contribution in [2.45, 2.75) is 71.5 Å². The molecule has 16 heteroatoms. The van der Waals surface area contributed by atoms with Gasteiger partial charge in [-0.3, -0.25) is 24.2 Å². The summed E-state index contributed by atoms with van der Waals surface area (Å²) in [5.74, 6) is -0.613. The van der Waals surface area contributed by atoms with E-state index < -0.39 is 35.8 Å². The molecule has 0 spiro atoms. The van der Waals surface area contributed by atoms with E-state index in [0.29, 0.717) is 41.5 Å². The number of amides is 4. The fraction of sp³-hybridized carbons (Fsp3) is 0.378. The number of carbonyl (C=O) groups excluding carboxylic acids is 4. The van der Waals surface area contributed by atoms with Crippen LogP contribution in [0.4, 0.5) is 0 Å². The summed E-state index contributed by atoms with van der Waals surface area (Å²) < 4.78 is 11.3. The van der Waals surface area contributed by atoms with Crippen molar-refractivity contribution in [2.24, 2.45) is 5.92 Å². The molecule has 0 saturated carbocycles. The maximum Gasteiger partial charge on any atom is 0.274 e. The lowest BCUT2D eigenvalue weighted by Gasteiger charge is -2.29. The molecule has 15 nitrogen and oxygen atoms in total. The van der Waals surface area contributed by atoms with Gasteiger partial charge in [0.05, 0.1) is 18.6 Å². The number of aryl methyl sites for hydroxylation is 2. The first-order valence-corrected chi connectivity index (χ1v) is 18.3. The van der Waals surface area contributed by atoms with Crippen LogP contribution in [0.1, 0.15) is 94.8 Å². The molecule has 0 fully saturated rings. The smallest absolute Gasteiger partial charge is 0.274 e. The van der Waals surface area contributed by atoms with Gasteiger partial charge in [0.1, 0.15) is 22.5 Å². The quantitative estimate of drug-likeness (QED) is 0.204. The van der Waals surface area contributed by atoms with Crippen LogP contribution in [0.2, 0.25) is 0 Å². The molecular formula is C37H41N9O6S. The predicted octanol–water partition coefficient (Wildman–Crippen LogP) is 4.40. The van der Waals surface area contributed by atoms with E-state index in [0.717, 1.165) is 5.56 Å². The normalized spacial score (nSPS) is 18.5. The molecule has 4 bridgehead atoms. The SMILES string of the molecule is Cc1oc2nc1C(=O)N[C@H](C)c1nc(cs1)C(=O)N[C@H](Cc1ccccc1)CN(C(=O)CCCc1nc(-c3cccnc3)no1)CC(=O)N[C@H]2C(C)C. The van der Waals surface area contributed by atoms with Crippen molar-refractivity contribution in [1.29, 1.82) is 0 Å². The van der Waals surface area contributed by atoms with Gasteiger partial charge in [0, 0.05) is 42.7 Å². The molecular weight excluding hydrogens is 699 g/mol. The van der Waals surface area contributed by atoms with Gasteiger partial charge in [-0.1, -0.05) is 49.3 Å². The fourth-order valence-electron chi connectivity index (χ4n) is 5.94. The van der Waals surface area contributed by atoms with E-state index in [1.807, 2.05) is 50.2 Å². The van der Waals surface area contributed by atoms with Crippen molar-refractivity contribution < 1.29 is 28.1 Å². The van der Waals surface area contributed by atoms with E-state index in [-0.39, 0.29) is 54.4 Å². The van der Waals surface area contributed by atoms with Crippen LogP contribution < -0.4 is 16.0 Å². The Morgan fingerprint density at radius 3 is 2.58 bits per heavy atom. The molecule has 0 radical (unpaired) electrons. The van der Waals surface area contributed by atoms with Gasteiger partial charge in [0.15, 0.2) is 5.69 Å². The third-order valence-corrected chi connectivity index (χ3v) is 9.73. The predicted molar refractivity (Wildman–Crippen MR) is 193 cm³/mol. The number of rotatable bonds is 8. The number of pyridine rings is 1. The lowest BCUT2D eigenvalue weighted by molar-refractivity contribution is -0.136. The monoisotopic (exact) mass is 739 g/mol. The number of thiazole rings is 1. The summed E-state index contributed by atoms with van der Waals surface area (Å²) in [5, 5.41) is 15.1. The number of fused-ring (bicyclic) bond motifs is 4. The zero-order chi connectivity index (χ0) is 37.5. The number of nitrogens with one attached hydrogen (secondary N) is 3. The molecule has 4 amide bonds. The molecule has 3 atom stereocenters. The molecule has 53 heavy (non-hydrogen) atoms. The Balaban J connectivity index is 1.27. The van der Waals surface area contributed by atoms with Gasteiger partial charge in [-0.2, -0.15) is 4.98 Å². The molecule has 276 valence electrons. The summed E-state index contributed by atoms with van der Waals surface area (Å²) >= 11 is 1.24. The topological polar surface area (TPSA) is 198 Å². The molecule has 0 saturated heterocycles. The summed E-state index contributed by atoms with van der Waals surface area (Å²) in [5.41, 5.74) is 1.90. The maximum absolute atomic E-state index is 14.0.